The van der Waals surface area contributed by atoms with Crippen molar-refractivity contribution in [3.63, 3.8) is 0 Å². The number of hydrogen-bond acceptors (Lipinski definition) is 4. The van der Waals surface area contributed by atoms with E-state index in [1.165, 1.54) is 16.7 Å². The van der Waals surface area contributed by atoms with Crippen molar-refractivity contribution < 1.29 is 9.59 Å². The summed E-state index contributed by atoms with van der Waals surface area (Å²) in [6.07, 6.45) is 0.513. The second kappa shape index (κ2) is 7.68. The second-order valence-electron chi connectivity index (χ2n) is 6.40. The highest BCUT2D eigenvalue weighted by Crippen LogP contribution is 2.42. The Morgan fingerprint density at radius 3 is 2.44 bits per heavy atom. The average molecular weight is 377 g/mol. The number of primary amides is 1. The van der Waals surface area contributed by atoms with Crippen molar-refractivity contribution in [2.75, 3.05) is 4.90 Å². The lowest BCUT2D eigenvalue weighted by Crippen LogP contribution is -2.31. The van der Waals surface area contributed by atoms with E-state index in [0.717, 1.165) is 16.7 Å². The highest BCUT2D eigenvalue weighted by molar-refractivity contribution is 8.05. The van der Waals surface area contributed by atoms with E-state index in [2.05, 4.69) is 0 Å². The van der Waals surface area contributed by atoms with Gasteiger partial charge in [0.15, 0.2) is 0 Å². The summed E-state index contributed by atoms with van der Waals surface area (Å²) in [6.45, 7) is 3.95. The van der Waals surface area contributed by atoms with Gasteiger partial charge in [0.05, 0.1) is 5.25 Å². The predicted octanol–water partition coefficient (Wildman–Crippen LogP) is 3.22. The number of carbonyl (C=O) groups excluding carboxylic acids is 2. The maximum Gasteiger partial charge on any atom is 0.262 e. The van der Waals surface area contributed by atoms with Gasteiger partial charge in [-0.2, -0.15) is 5.26 Å². The maximum atomic E-state index is 13.2. The van der Waals surface area contributed by atoms with Crippen LogP contribution in [0.2, 0.25) is 0 Å². The van der Waals surface area contributed by atoms with Gasteiger partial charge in [-0.1, -0.05) is 53.7 Å². The van der Waals surface area contributed by atoms with Gasteiger partial charge in [-0.25, -0.2) is 0 Å². The van der Waals surface area contributed by atoms with Crippen molar-refractivity contribution in [1.82, 2.24) is 0 Å². The van der Waals surface area contributed by atoms with Crippen LogP contribution in [0.5, 0.6) is 0 Å². The average Bonchev–Trinajstić information content (AvgIpc) is 2.94. The van der Waals surface area contributed by atoms with Crippen LogP contribution in [0.25, 0.3) is 0 Å². The van der Waals surface area contributed by atoms with Crippen LogP contribution in [0.1, 0.15) is 16.7 Å². The molecular weight excluding hydrogens is 358 g/mol. The monoisotopic (exact) mass is 377 g/mol. The van der Waals surface area contributed by atoms with E-state index in [1.807, 2.05) is 56.3 Å². The van der Waals surface area contributed by atoms with E-state index < -0.39 is 11.2 Å². The van der Waals surface area contributed by atoms with Crippen LogP contribution in [0.15, 0.2) is 59.1 Å². The van der Waals surface area contributed by atoms with Gasteiger partial charge in [0.1, 0.15) is 16.7 Å². The molecule has 2 amide bonds. The molecule has 1 saturated heterocycles. The number of thioether (sulfide) groups is 1. The van der Waals surface area contributed by atoms with Crippen molar-refractivity contribution in [2.24, 2.45) is 5.73 Å². The molecule has 1 atom stereocenters. The second-order valence-corrected chi connectivity index (χ2v) is 7.59. The SMILES string of the molecule is Cc1ccc(N2C(=O)[C@H](Cc3ccccc3C)S/C2=C(\C#N)C(N)=O)cc1. The van der Waals surface area contributed by atoms with Crippen molar-refractivity contribution >= 4 is 29.3 Å². The Morgan fingerprint density at radius 1 is 1.19 bits per heavy atom. The third-order valence-corrected chi connectivity index (χ3v) is 5.75. The number of nitrogens with two attached hydrogens (primary N) is 1. The summed E-state index contributed by atoms with van der Waals surface area (Å²) in [5, 5.41) is 9.29. The number of nitrogens with zero attached hydrogens (tertiary/aromatic N) is 2. The lowest BCUT2D eigenvalue weighted by Gasteiger charge is -2.18. The van der Waals surface area contributed by atoms with Crippen molar-refractivity contribution in [3.8, 4) is 6.07 Å². The molecule has 0 bridgehead atoms. The predicted molar refractivity (Wildman–Crippen MR) is 107 cm³/mol. The lowest BCUT2D eigenvalue weighted by atomic mass is 10.0. The van der Waals surface area contributed by atoms with Gasteiger partial charge in [0, 0.05) is 5.69 Å². The molecule has 1 heterocycles. The summed E-state index contributed by atoms with van der Waals surface area (Å²) in [7, 11) is 0. The van der Waals surface area contributed by atoms with Crippen LogP contribution in [0.4, 0.5) is 5.69 Å². The summed E-state index contributed by atoms with van der Waals surface area (Å²) >= 11 is 1.22. The lowest BCUT2D eigenvalue weighted by molar-refractivity contribution is -0.117. The summed E-state index contributed by atoms with van der Waals surface area (Å²) in [5.41, 5.74) is 9.03. The van der Waals surface area contributed by atoms with E-state index >= 15 is 0 Å². The van der Waals surface area contributed by atoms with Gasteiger partial charge in [-0.15, -0.1) is 0 Å². The molecule has 3 rings (SSSR count). The van der Waals surface area contributed by atoms with E-state index in [-0.39, 0.29) is 11.5 Å². The smallest absolute Gasteiger partial charge is 0.262 e. The Labute approximate surface area is 162 Å². The zero-order valence-electron chi connectivity index (χ0n) is 15.1. The first kappa shape index (κ1) is 18.7. The molecule has 1 aliphatic rings. The van der Waals surface area contributed by atoms with Crippen molar-refractivity contribution in [3.05, 3.63) is 75.8 Å². The summed E-state index contributed by atoms with van der Waals surface area (Å²) in [5.74, 6) is -0.988. The van der Waals surface area contributed by atoms with Gasteiger partial charge in [0.2, 0.25) is 5.91 Å². The molecule has 0 saturated carbocycles. The van der Waals surface area contributed by atoms with Gasteiger partial charge >= 0.3 is 0 Å². The van der Waals surface area contributed by atoms with Crippen LogP contribution in [-0.2, 0) is 16.0 Å². The number of benzene rings is 2. The fourth-order valence-electron chi connectivity index (χ4n) is 2.97. The minimum atomic E-state index is -0.832. The highest BCUT2D eigenvalue weighted by atomic mass is 32.2. The molecular formula is C21H19N3O2S. The van der Waals surface area contributed by atoms with Gasteiger partial charge in [0.25, 0.3) is 5.91 Å². The standard InChI is InChI=1S/C21H19N3O2S/c1-13-7-9-16(10-8-13)24-20(26)18(11-15-6-4-3-5-14(15)2)27-21(24)17(12-22)19(23)25/h3-10,18H,11H2,1-2H3,(H2,23,25)/b21-17+/t18-/m0/s1. The Bertz CT molecular complexity index is 974. The Hall–Kier alpha value is -3.04. The van der Waals surface area contributed by atoms with Crippen molar-refractivity contribution in [1.29, 1.82) is 5.26 Å². The largest absolute Gasteiger partial charge is 0.365 e. The number of aryl methyl sites for hydroxylation is 2. The molecule has 2 aromatic carbocycles. The van der Waals surface area contributed by atoms with E-state index in [4.69, 9.17) is 5.73 Å². The van der Waals surface area contributed by atoms with E-state index in [0.29, 0.717) is 17.1 Å². The fourth-order valence-corrected chi connectivity index (χ4v) is 4.27. The maximum absolute atomic E-state index is 13.2. The summed E-state index contributed by atoms with van der Waals surface area (Å²) < 4.78 is 0. The first-order valence-corrected chi connectivity index (χ1v) is 9.36. The molecule has 0 unspecified atom stereocenters. The molecule has 0 aromatic heterocycles. The van der Waals surface area contributed by atoms with Gasteiger partial charge < -0.3 is 5.73 Å². The van der Waals surface area contributed by atoms with Crippen molar-refractivity contribution in [2.45, 2.75) is 25.5 Å². The third-order valence-electron chi connectivity index (χ3n) is 4.48. The molecule has 6 heteroatoms. The number of amides is 2. The molecule has 5 nitrogen and oxygen atoms in total. The summed E-state index contributed by atoms with van der Waals surface area (Å²) in [6, 6.07) is 17.1. The zero-order chi connectivity index (χ0) is 19.6. The first-order chi connectivity index (χ1) is 12.9. The third kappa shape index (κ3) is 3.74. The molecule has 2 N–H and O–H groups in total. The molecule has 2 aromatic rings. The molecule has 1 fully saturated rings. The highest BCUT2D eigenvalue weighted by Gasteiger charge is 2.40. The first-order valence-electron chi connectivity index (χ1n) is 8.48. The normalized spacial score (nSPS) is 18.3. The van der Waals surface area contributed by atoms with Crippen LogP contribution in [0.3, 0.4) is 0 Å². The molecule has 0 radical (unpaired) electrons. The number of rotatable bonds is 4. The van der Waals surface area contributed by atoms with E-state index in [1.54, 1.807) is 12.1 Å². The number of nitriles is 1. The number of anilines is 1. The molecule has 0 spiro atoms. The van der Waals surface area contributed by atoms with Crippen LogP contribution < -0.4 is 10.6 Å². The minimum Gasteiger partial charge on any atom is -0.365 e. The zero-order valence-corrected chi connectivity index (χ0v) is 15.9. The van der Waals surface area contributed by atoms with E-state index in [9.17, 15) is 14.9 Å². The van der Waals surface area contributed by atoms with Gasteiger partial charge in [-0.3, -0.25) is 14.5 Å². The minimum absolute atomic E-state index is 0.156. The Balaban J connectivity index is 2.05. The molecule has 136 valence electrons. The van der Waals surface area contributed by atoms with Crippen LogP contribution in [0, 0.1) is 25.2 Å². The number of carbonyl (C=O) groups is 2. The quantitative estimate of drug-likeness (QED) is 0.655. The Kier molecular flexibility index (Phi) is 5.33. The molecule has 1 aliphatic heterocycles. The molecule has 27 heavy (non-hydrogen) atoms. The van der Waals surface area contributed by atoms with Crippen LogP contribution in [-0.4, -0.2) is 17.1 Å². The molecule has 0 aliphatic carbocycles. The topological polar surface area (TPSA) is 87.2 Å². The summed E-state index contributed by atoms with van der Waals surface area (Å²) in [4.78, 5) is 26.4. The fraction of sp³-hybridized carbons (Fsp3) is 0.190. The Morgan fingerprint density at radius 2 is 1.85 bits per heavy atom. The van der Waals surface area contributed by atoms with Crippen LogP contribution >= 0.6 is 11.8 Å². The van der Waals surface area contributed by atoms with Gasteiger partial charge in [-0.05, 0) is 43.5 Å². The number of hydrogen-bond donors (Lipinski definition) is 1.